The number of amides is 1. The van der Waals surface area contributed by atoms with Crippen LogP contribution in [0.5, 0.6) is 5.75 Å². The summed E-state index contributed by atoms with van der Waals surface area (Å²) in [5, 5.41) is 13.8. The zero-order valence-corrected chi connectivity index (χ0v) is 16.2. The van der Waals surface area contributed by atoms with Crippen molar-refractivity contribution in [3.8, 4) is 5.75 Å². The largest absolute Gasteiger partial charge is 0.480 e. The maximum atomic E-state index is 12.7. The Morgan fingerprint density at radius 3 is 2.52 bits per heavy atom. The van der Waals surface area contributed by atoms with Crippen LogP contribution in [0, 0.1) is 17.0 Å². The summed E-state index contributed by atoms with van der Waals surface area (Å²) in [6, 6.07) is 12.1. The highest BCUT2D eigenvalue weighted by Crippen LogP contribution is 2.30. The molecule has 27 heavy (non-hydrogen) atoms. The molecule has 2 rings (SSSR count). The number of aryl methyl sites for hydroxylation is 1. The summed E-state index contributed by atoms with van der Waals surface area (Å²) in [7, 11) is 0. The summed E-state index contributed by atoms with van der Waals surface area (Å²) in [5.41, 5.74) is 2.18. The van der Waals surface area contributed by atoms with Gasteiger partial charge in [0.2, 0.25) is 0 Å². The number of nitrogens with zero attached hydrogens (tertiary/aromatic N) is 1. The topological polar surface area (TPSA) is 81.5 Å². The minimum atomic E-state index is -0.686. The lowest BCUT2D eigenvalue weighted by atomic mass is 9.98. The first kappa shape index (κ1) is 20.4. The zero-order valence-electron chi connectivity index (χ0n) is 16.2. The molecule has 6 nitrogen and oxygen atoms in total. The van der Waals surface area contributed by atoms with Crippen LogP contribution in [0.2, 0.25) is 0 Å². The fourth-order valence-electron chi connectivity index (χ4n) is 2.76. The number of non-ortho nitro benzene ring substituents is 1. The number of nitrogens with one attached hydrogen (secondary N) is 1. The van der Waals surface area contributed by atoms with Gasteiger partial charge in [-0.05, 0) is 42.9 Å². The summed E-state index contributed by atoms with van der Waals surface area (Å²) in [6.45, 7) is 7.89. The fraction of sp³-hybridized carbons (Fsp3) is 0.381. The van der Waals surface area contributed by atoms with E-state index in [9.17, 15) is 14.9 Å². The van der Waals surface area contributed by atoms with Crippen LogP contribution in [0.3, 0.4) is 0 Å². The molecule has 144 valence electrons. The lowest BCUT2D eigenvalue weighted by molar-refractivity contribution is -0.384. The highest BCUT2D eigenvalue weighted by atomic mass is 16.6. The van der Waals surface area contributed by atoms with E-state index >= 15 is 0 Å². The Balaban J connectivity index is 2.20. The highest BCUT2D eigenvalue weighted by Gasteiger charge is 2.22. The van der Waals surface area contributed by atoms with Gasteiger partial charge >= 0.3 is 0 Å². The van der Waals surface area contributed by atoms with Crippen molar-refractivity contribution in [3.63, 3.8) is 0 Å². The molecule has 0 aliphatic carbocycles. The third kappa shape index (κ3) is 5.06. The summed E-state index contributed by atoms with van der Waals surface area (Å²) < 4.78 is 6.02. The maximum absolute atomic E-state index is 12.7. The number of benzene rings is 2. The number of nitro benzene ring substituents is 1. The number of rotatable bonds is 8. The van der Waals surface area contributed by atoms with Crippen LogP contribution >= 0.6 is 0 Å². The van der Waals surface area contributed by atoms with E-state index in [0.717, 1.165) is 17.5 Å². The summed E-state index contributed by atoms with van der Waals surface area (Å²) in [4.78, 5) is 23.2. The van der Waals surface area contributed by atoms with Crippen LogP contribution in [-0.2, 0) is 4.79 Å². The van der Waals surface area contributed by atoms with E-state index in [4.69, 9.17) is 4.74 Å². The molecule has 0 aromatic heterocycles. The molecule has 2 aromatic rings. The number of ether oxygens (including phenoxy) is 1. The van der Waals surface area contributed by atoms with Crippen LogP contribution in [0.4, 0.5) is 11.4 Å². The van der Waals surface area contributed by atoms with Crippen LogP contribution < -0.4 is 10.1 Å². The molecule has 2 unspecified atom stereocenters. The lowest BCUT2D eigenvalue weighted by Crippen LogP contribution is -2.33. The molecule has 1 amide bonds. The molecule has 0 heterocycles. The van der Waals surface area contributed by atoms with Gasteiger partial charge in [-0.15, -0.1) is 0 Å². The molecule has 0 aliphatic rings. The van der Waals surface area contributed by atoms with Gasteiger partial charge < -0.3 is 10.1 Å². The minimum Gasteiger partial charge on any atom is -0.480 e. The summed E-state index contributed by atoms with van der Waals surface area (Å²) >= 11 is 0. The Hall–Kier alpha value is -2.89. The van der Waals surface area contributed by atoms with Gasteiger partial charge in [-0.2, -0.15) is 0 Å². The molecule has 0 spiro atoms. The van der Waals surface area contributed by atoms with Gasteiger partial charge in [-0.1, -0.05) is 45.0 Å². The van der Waals surface area contributed by atoms with Crippen molar-refractivity contribution in [2.45, 2.75) is 52.6 Å². The smallest absolute Gasteiger partial charge is 0.271 e. The standard InChI is InChI=1S/C21H26N2O4/c1-5-14(3)17-9-7-8-10-20(17)27-19(6-2)21(24)22-18-13-16(23(25)26)12-11-15(18)4/h7-14,19H,5-6H2,1-4H3,(H,22,24). The van der Waals surface area contributed by atoms with Crippen molar-refractivity contribution >= 4 is 17.3 Å². The van der Waals surface area contributed by atoms with E-state index in [0.29, 0.717) is 23.8 Å². The van der Waals surface area contributed by atoms with E-state index in [1.807, 2.05) is 31.2 Å². The summed E-state index contributed by atoms with van der Waals surface area (Å²) in [5.74, 6) is 0.699. The van der Waals surface area contributed by atoms with Crippen LogP contribution in [0.15, 0.2) is 42.5 Å². The molecular weight excluding hydrogens is 344 g/mol. The fourth-order valence-corrected chi connectivity index (χ4v) is 2.76. The zero-order chi connectivity index (χ0) is 20.0. The molecule has 0 fully saturated rings. The number of anilines is 1. The van der Waals surface area contributed by atoms with Gasteiger partial charge in [0, 0.05) is 12.1 Å². The molecule has 1 N–H and O–H groups in total. The van der Waals surface area contributed by atoms with Crippen molar-refractivity contribution in [3.05, 3.63) is 63.7 Å². The molecular formula is C21H26N2O4. The predicted molar refractivity (Wildman–Crippen MR) is 106 cm³/mol. The van der Waals surface area contributed by atoms with Crippen LogP contribution in [0.25, 0.3) is 0 Å². The van der Waals surface area contributed by atoms with Gasteiger partial charge in [0.25, 0.3) is 11.6 Å². The number of carbonyl (C=O) groups is 1. The first-order chi connectivity index (χ1) is 12.9. The Labute approximate surface area is 159 Å². The first-order valence-corrected chi connectivity index (χ1v) is 9.18. The van der Waals surface area contributed by atoms with Gasteiger partial charge in [-0.3, -0.25) is 14.9 Å². The predicted octanol–water partition coefficient (Wildman–Crippen LogP) is 5.21. The second-order valence-electron chi connectivity index (χ2n) is 6.61. The average molecular weight is 370 g/mol. The number of carbonyl (C=O) groups excluding carboxylic acids is 1. The Morgan fingerprint density at radius 1 is 1.19 bits per heavy atom. The van der Waals surface area contributed by atoms with E-state index in [1.165, 1.54) is 12.1 Å². The maximum Gasteiger partial charge on any atom is 0.271 e. The van der Waals surface area contributed by atoms with Crippen molar-refractivity contribution < 1.29 is 14.5 Å². The molecule has 0 bridgehead atoms. The second-order valence-corrected chi connectivity index (χ2v) is 6.61. The SMILES string of the molecule is CCC(Oc1ccccc1C(C)CC)C(=O)Nc1cc([N+](=O)[O-])ccc1C. The molecule has 0 saturated heterocycles. The van der Waals surface area contributed by atoms with Crippen molar-refractivity contribution in [2.75, 3.05) is 5.32 Å². The third-order valence-corrected chi connectivity index (χ3v) is 4.68. The Bertz CT molecular complexity index is 820. The van der Waals surface area contributed by atoms with Gasteiger partial charge in [0.1, 0.15) is 5.75 Å². The van der Waals surface area contributed by atoms with E-state index in [1.54, 1.807) is 13.0 Å². The quantitative estimate of drug-likeness (QED) is 0.511. The number of hydrogen-bond donors (Lipinski definition) is 1. The molecule has 0 saturated carbocycles. The molecule has 0 radical (unpaired) electrons. The van der Waals surface area contributed by atoms with Gasteiger partial charge in [0.15, 0.2) is 6.10 Å². The number of hydrogen-bond acceptors (Lipinski definition) is 4. The summed E-state index contributed by atoms with van der Waals surface area (Å²) in [6.07, 6.45) is 0.763. The molecule has 2 atom stereocenters. The van der Waals surface area contributed by atoms with Crippen molar-refractivity contribution in [2.24, 2.45) is 0 Å². The monoisotopic (exact) mass is 370 g/mol. The Morgan fingerprint density at radius 2 is 1.89 bits per heavy atom. The van der Waals surface area contributed by atoms with Crippen LogP contribution in [-0.4, -0.2) is 16.9 Å². The molecule has 2 aromatic carbocycles. The number of para-hydroxylation sites is 1. The minimum absolute atomic E-state index is 0.0630. The normalized spacial score (nSPS) is 12.9. The average Bonchev–Trinajstić information content (AvgIpc) is 2.67. The van der Waals surface area contributed by atoms with E-state index in [-0.39, 0.29) is 11.6 Å². The Kier molecular flexibility index (Phi) is 6.93. The lowest BCUT2D eigenvalue weighted by Gasteiger charge is -2.21. The van der Waals surface area contributed by atoms with Gasteiger partial charge in [-0.25, -0.2) is 0 Å². The third-order valence-electron chi connectivity index (χ3n) is 4.68. The highest BCUT2D eigenvalue weighted by molar-refractivity contribution is 5.95. The van der Waals surface area contributed by atoms with E-state index in [2.05, 4.69) is 19.2 Å². The van der Waals surface area contributed by atoms with Crippen LogP contribution in [0.1, 0.15) is 50.7 Å². The van der Waals surface area contributed by atoms with Crippen molar-refractivity contribution in [1.82, 2.24) is 0 Å². The molecule has 6 heteroatoms. The van der Waals surface area contributed by atoms with E-state index < -0.39 is 11.0 Å². The first-order valence-electron chi connectivity index (χ1n) is 9.18. The van der Waals surface area contributed by atoms with Crippen molar-refractivity contribution in [1.29, 1.82) is 0 Å². The van der Waals surface area contributed by atoms with Gasteiger partial charge in [0.05, 0.1) is 10.6 Å². The number of nitro groups is 1. The second kappa shape index (κ2) is 9.16. The molecule has 0 aliphatic heterocycles.